The van der Waals surface area contributed by atoms with E-state index >= 15 is 0 Å². The largest absolute Gasteiger partial charge is 0.469 e. The number of nitrogens with one attached hydrogen (secondary N) is 1. The molecule has 0 saturated carbocycles. The van der Waals surface area contributed by atoms with Crippen molar-refractivity contribution in [2.45, 2.75) is 6.42 Å². The highest BCUT2D eigenvalue weighted by Gasteiger charge is 1.98. The van der Waals surface area contributed by atoms with E-state index in [-0.39, 0.29) is 12.4 Å². The van der Waals surface area contributed by atoms with Gasteiger partial charge in [0.2, 0.25) is 0 Å². The van der Waals surface area contributed by atoms with Crippen LogP contribution in [-0.2, 0) is 28.5 Å². The number of rotatable bonds is 15. The summed E-state index contributed by atoms with van der Waals surface area (Å²) in [6, 6.07) is 0. The Morgan fingerprint density at radius 3 is 1.70 bits per heavy atom. The fraction of sp³-hybridized carbons (Fsp3) is 0.923. The molecule has 120 valence electrons. The van der Waals surface area contributed by atoms with Gasteiger partial charge in [-0.05, 0) is 7.05 Å². The van der Waals surface area contributed by atoms with Crippen molar-refractivity contribution in [1.29, 1.82) is 0 Å². The van der Waals surface area contributed by atoms with Gasteiger partial charge in [0.05, 0.1) is 66.4 Å². The lowest BCUT2D eigenvalue weighted by molar-refractivity contribution is -0.141. The molecule has 0 atom stereocenters. The monoisotopic (exact) mass is 293 g/mol. The topological polar surface area (TPSA) is 75.3 Å². The highest BCUT2D eigenvalue weighted by Crippen LogP contribution is 1.87. The Kier molecular flexibility index (Phi) is 15.7. The van der Waals surface area contributed by atoms with Crippen LogP contribution in [0, 0.1) is 0 Å². The molecule has 0 aliphatic carbocycles. The third-order valence-corrected chi connectivity index (χ3v) is 2.29. The summed E-state index contributed by atoms with van der Waals surface area (Å²) < 4.78 is 25.6. The fourth-order valence-corrected chi connectivity index (χ4v) is 1.19. The first-order chi connectivity index (χ1) is 9.81. The van der Waals surface area contributed by atoms with Gasteiger partial charge in [-0.15, -0.1) is 0 Å². The van der Waals surface area contributed by atoms with Crippen molar-refractivity contribution in [3.05, 3.63) is 0 Å². The van der Waals surface area contributed by atoms with Gasteiger partial charge in [0.1, 0.15) is 0 Å². The Bertz CT molecular complexity index is 215. The normalized spacial score (nSPS) is 10.7. The molecule has 0 aliphatic rings. The quantitative estimate of drug-likeness (QED) is 0.332. The van der Waals surface area contributed by atoms with Gasteiger partial charge in [-0.2, -0.15) is 0 Å². The van der Waals surface area contributed by atoms with E-state index in [2.05, 4.69) is 10.1 Å². The summed E-state index contributed by atoms with van der Waals surface area (Å²) in [6.07, 6.45) is 0.271. The number of ether oxygens (including phenoxy) is 5. The van der Waals surface area contributed by atoms with E-state index in [1.165, 1.54) is 7.11 Å². The number of esters is 1. The first-order valence-electron chi connectivity index (χ1n) is 6.83. The number of methoxy groups -OCH3 is 1. The molecule has 0 amide bonds. The summed E-state index contributed by atoms with van der Waals surface area (Å²) in [4.78, 5) is 10.8. The fourth-order valence-electron chi connectivity index (χ4n) is 1.19. The Morgan fingerprint density at radius 2 is 1.25 bits per heavy atom. The minimum Gasteiger partial charge on any atom is -0.469 e. The third-order valence-electron chi connectivity index (χ3n) is 2.29. The molecule has 0 radical (unpaired) electrons. The van der Waals surface area contributed by atoms with Crippen molar-refractivity contribution in [3.63, 3.8) is 0 Å². The van der Waals surface area contributed by atoms with Crippen LogP contribution in [0.2, 0.25) is 0 Å². The maximum Gasteiger partial charge on any atom is 0.307 e. The molecular formula is C13H27NO6. The lowest BCUT2D eigenvalue weighted by atomic mass is 10.5. The SMILES string of the molecule is CNCCOCCOCCOCCOCCC(=O)OC. The van der Waals surface area contributed by atoms with Crippen LogP contribution < -0.4 is 5.32 Å². The number of hydrogen-bond donors (Lipinski definition) is 1. The van der Waals surface area contributed by atoms with Gasteiger partial charge < -0.3 is 29.0 Å². The smallest absolute Gasteiger partial charge is 0.307 e. The summed E-state index contributed by atoms with van der Waals surface area (Å²) in [6.45, 7) is 5.08. The Labute approximate surface area is 120 Å². The molecule has 0 spiro atoms. The van der Waals surface area contributed by atoms with Crippen molar-refractivity contribution in [3.8, 4) is 0 Å². The maximum atomic E-state index is 10.8. The highest BCUT2D eigenvalue weighted by molar-refractivity contribution is 5.69. The van der Waals surface area contributed by atoms with Crippen LogP contribution in [-0.4, -0.2) is 79.5 Å². The van der Waals surface area contributed by atoms with Gasteiger partial charge in [0, 0.05) is 6.54 Å². The summed E-state index contributed by atoms with van der Waals surface area (Å²) >= 11 is 0. The minimum atomic E-state index is -0.267. The van der Waals surface area contributed by atoms with E-state index < -0.39 is 0 Å². The molecule has 1 N–H and O–H groups in total. The van der Waals surface area contributed by atoms with Gasteiger partial charge in [0.25, 0.3) is 0 Å². The number of likely N-dealkylation sites (N-methyl/N-ethyl adjacent to an activating group) is 1. The molecule has 20 heavy (non-hydrogen) atoms. The van der Waals surface area contributed by atoms with Crippen LogP contribution >= 0.6 is 0 Å². The second kappa shape index (κ2) is 16.3. The second-order valence-electron chi connectivity index (χ2n) is 3.88. The summed E-state index contributed by atoms with van der Waals surface area (Å²) in [5.74, 6) is -0.267. The number of carbonyl (C=O) groups is 1. The molecule has 0 bridgehead atoms. The molecule has 0 saturated heterocycles. The lowest BCUT2D eigenvalue weighted by Crippen LogP contribution is -2.17. The van der Waals surface area contributed by atoms with E-state index in [1.807, 2.05) is 7.05 Å². The molecule has 0 aromatic heterocycles. The van der Waals surface area contributed by atoms with Crippen molar-refractivity contribution >= 4 is 5.97 Å². The van der Waals surface area contributed by atoms with Crippen LogP contribution in [0.1, 0.15) is 6.42 Å². The maximum absolute atomic E-state index is 10.8. The molecule has 7 nitrogen and oxygen atoms in total. The molecule has 0 fully saturated rings. The molecule has 0 aromatic carbocycles. The van der Waals surface area contributed by atoms with Crippen molar-refractivity contribution in [1.82, 2.24) is 5.32 Å². The minimum absolute atomic E-state index is 0.267. The number of hydrogen-bond acceptors (Lipinski definition) is 7. The van der Waals surface area contributed by atoms with E-state index in [1.54, 1.807) is 0 Å². The molecule has 7 heteroatoms. The van der Waals surface area contributed by atoms with Gasteiger partial charge in [-0.1, -0.05) is 0 Å². The molecule has 0 aromatic rings. The van der Waals surface area contributed by atoms with E-state index in [0.29, 0.717) is 52.9 Å². The molecule has 0 aliphatic heterocycles. The molecule has 0 unspecified atom stereocenters. The molecular weight excluding hydrogens is 266 g/mol. The Hall–Kier alpha value is -0.730. The van der Waals surface area contributed by atoms with Crippen LogP contribution in [0.4, 0.5) is 0 Å². The zero-order valence-electron chi connectivity index (χ0n) is 12.5. The van der Waals surface area contributed by atoms with Crippen molar-refractivity contribution in [2.75, 3.05) is 73.6 Å². The van der Waals surface area contributed by atoms with E-state index in [9.17, 15) is 4.79 Å². The predicted octanol–water partition coefficient (Wildman–Crippen LogP) is -0.165. The van der Waals surface area contributed by atoms with Gasteiger partial charge in [-0.3, -0.25) is 4.79 Å². The second-order valence-corrected chi connectivity index (χ2v) is 3.88. The Morgan fingerprint density at radius 1 is 0.800 bits per heavy atom. The first kappa shape index (κ1) is 19.3. The van der Waals surface area contributed by atoms with Crippen LogP contribution in [0.5, 0.6) is 0 Å². The Balaban J connectivity index is 2.97. The van der Waals surface area contributed by atoms with Gasteiger partial charge in [-0.25, -0.2) is 0 Å². The third kappa shape index (κ3) is 15.3. The zero-order valence-corrected chi connectivity index (χ0v) is 12.5. The van der Waals surface area contributed by atoms with E-state index in [4.69, 9.17) is 18.9 Å². The zero-order chi connectivity index (χ0) is 14.9. The van der Waals surface area contributed by atoms with Crippen molar-refractivity contribution in [2.24, 2.45) is 0 Å². The van der Waals surface area contributed by atoms with E-state index in [0.717, 1.165) is 6.54 Å². The standard InChI is InChI=1S/C13H27NO6/c1-14-4-6-18-8-10-20-12-11-19-9-7-17-5-3-13(15)16-2/h14H,3-12H2,1-2H3. The number of carbonyl (C=O) groups excluding carboxylic acids is 1. The van der Waals surface area contributed by atoms with Crippen LogP contribution in [0.15, 0.2) is 0 Å². The summed E-state index contributed by atoms with van der Waals surface area (Å²) in [7, 11) is 3.24. The van der Waals surface area contributed by atoms with Crippen LogP contribution in [0.25, 0.3) is 0 Å². The summed E-state index contributed by atoms with van der Waals surface area (Å²) in [5.41, 5.74) is 0. The molecule has 0 heterocycles. The average molecular weight is 293 g/mol. The summed E-state index contributed by atoms with van der Waals surface area (Å²) in [5, 5.41) is 2.99. The highest BCUT2D eigenvalue weighted by atomic mass is 16.6. The van der Waals surface area contributed by atoms with Gasteiger partial charge in [0.15, 0.2) is 0 Å². The first-order valence-corrected chi connectivity index (χ1v) is 6.83. The lowest BCUT2D eigenvalue weighted by Gasteiger charge is -2.07. The average Bonchev–Trinajstić information content (AvgIpc) is 2.47. The predicted molar refractivity (Wildman–Crippen MR) is 73.8 cm³/mol. The van der Waals surface area contributed by atoms with Gasteiger partial charge >= 0.3 is 5.97 Å². The molecule has 0 rings (SSSR count). The van der Waals surface area contributed by atoms with Crippen molar-refractivity contribution < 1.29 is 28.5 Å². The van der Waals surface area contributed by atoms with Crippen LogP contribution in [0.3, 0.4) is 0 Å².